The highest BCUT2D eigenvalue weighted by Gasteiger charge is 2.64. The van der Waals surface area contributed by atoms with Crippen molar-refractivity contribution in [3.63, 3.8) is 0 Å². The van der Waals surface area contributed by atoms with Gasteiger partial charge in [0.2, 0.25) is 17.7 Å². The Morgan fingerprint density at radius 2 is 1.93 bits per heavy atom. The van der Waals surface area contributed by atoms with Crippen LogP contribution < -0.4 is 15.8 Å². The van der Waals surface area contributed by atoms with Gasteiger partial charge >= 0.3 is 0 Å². The van der Waals surface area contributed by atoms with Gasteiger partial charge < -0.3 is 11.1 Å². The Morgan fingerprint density at radius 3 is 2.67 bits per heavy atom. The molecule has 1 aromatic rings. The zero-order chi connectivity index (χ0) is 19.7. The maximum atomic E-state index is 12.7. The molecule has 1 aliphatic carbocycles. The van der Waals surface area contributed by atoms with Crippen molar-refractivity contribution in [3.05, 3.63) is 36.4 Å². The molecular weight excluding hydrogens is 370 g/mol. The summed E-state index contributed by atoms with van der Waals surface area (Å²) in [5.41, 5.74) is 3.94. The number of sulfonamides is 1. The molecule has 1 aliphatic heterocycles. The molecule has 8 nitrogen and oxygen atoms in total. The van der Waals surface area contributed by atoms with Crippen LogP contribution in [-0.4, -0.2) is 26.1 Å². The molecule has 1 aromatic carbocycles. The number of hydrogen-bond acceptors (Lipinski definition) is 5. The number of benzene rings is 1. The third-order valence-corrected chi connectivity index (χ3v) is 6.32. The third-order valence-electron chi connectivity index (χ3n) is 4.93. The molecule has 4 N–H and O–H groups in total. The van der Waals surface area contributed by atoms with E-state index in [-0.39, 0.29) is 29.3 Å². The van der Waals surface area contributed by atoms with E-state index in [1.54, 1.807) is 12.1 Å². The summed E-state index contributed by atoms with van der Waals surface area (Å²) in [4.78, 5) is 36.4. The van der Waals surface area contributed by atoms with E-state index in [4.69, 9.17) is 5.73 Å². The van der Waals surface area contributed by atoms with E-state index in [9.17, 15) is 22.8 Å². The molecule has 1 heterocycles. The van der Waals surface area contributed by atoms with Crippen molar-refractivity contribution < 1.29 is 22.8 Å². The normalized spacial score (nSPS) is 29.0. The van der Waals surface area contributed by atoms with E-state index in [0.717, 1.165) is 6.42 Å². The number of amides is 3. The van der Waals surface area contributed by atoms with Crippen molar-refractivity contribution in [2.75, 3.05) is 5.32 Å². The molecule has 3 amide bonds. The Bertz CT molecular complexity index is 925. The number of carbonyl (C=O) groups excluding carboxylic acids is 3. The molecule has 2 atom stereocenters. The molecule has 3 rings (SSSR count). The minimum atomic E-state index is -4.30. The van der Waals surface area contributed by atoms with Gasteiger partial charge in [0.1, 0.15) is 10.3 Å². The van der Waals surface area contributed by atoms with Crippen LogP contribution in [0, 0.1) is 11.3 Å². The lowest BCUT2D eigenvalue weighted by molar-refractivity contribution is -0.134. The SMILES string of the molecule is NC(=O)[C@@]12C[C@H]1/C=C/CCCCC(=O)Nc1ccccc1S(=O)(=O)NC2=O. The summed E-state index contributed by atoms with van der Waals surface area (Å²) in [6.07, 6.45) is 6.07. The smallest absolute Gasteiger partial charge is 0.266 e. The first kappa shape index (κ1) is 19.1. The van der Waals surface area contributed by atoms with E-state index >= 15 is 0 Å². The lowest BCUT2D eigenvalue weighted by atomic mass is 10.0. The Balaban J connectivity index is 1.99. The molecule has 0 bridgehead atoms. The van der Waals surface area contributed by atoms with Crippen molar-refractivity contribution >= 4 is 33.4 Å². The van der Waals surface area contributed by atoms with Crippen LogP contribution in [0.25, 0.3) is 0 Å². The molecule has 0 spiro atoms. The Labute approximate surface area is 157 Å². The van der Waals surface area contributed by atoms with Gasteiger partial charge in [0.15, 0.2) is 0 Å². The summed E-state index contributed by atoms with van der Waals surface area (Å²) in [6.45, 7) is 0. The van der Waals surface area contributed by atoms with Gasteiger partial charge in [-0.2, -0.15) is 0 Å². The van der Waals surface area contributed by atoms with E-state index in [2.05, 4.69) is 5.32 Å². The summed E-state index contributed by atoms with van der Waals surface area (Å²) < 4.78 is 27.4. The van der Waals surface area contributed by atoms with Gasteiger partial charge in [-0.05, 0) is 37.8 Å². The number of anilines is 1. The molecule has 144 valence electrons. The number of primary amides is 1. The third kappa shape index (κ3) is 3.73. The highest BCUT2D eigenvalue weighted by Crippen LogP contribution is 2.53. The Morgan fingerprint density at radius 1 is 1.19 bits per heavy atom. The number of fused-ring (bicyclic) bond motifs is 2. The molecule has 0 saturated heterocycles. The fourth-order valence-electron chi connectivity index (χ4n) is 3.27. The van der Waals surface area contributed by atoms with Crippen LogP contribution in [0.2, 0.25) is 0 Å². The van der Waals surface area contributed by atoms with Crippen LogP contribution in [0.1, 0.15) is 32.1 Å². The molecule has 0 aromatic heterocycles. The summed E-state index contributed by atoms with van der Waals surface area (Å²) >= 11 is 0. The van der Waals surface area contributed by atoms with Crippen molar-refractivity contribution in [2.24, 2.45) is 17.1 Å². The van der Waals surface area contributed by atoms with Gasteiger partial charge in [0.25, 0.3) is 10.0 Å². The number of nitrogens with two attached hydrogens (primary N) is 1. The first-order chi connectivity index (χ1) is 12.8. The second kappa shape index (κ2) is 7.15. The first-order valence-corrected chi connectivity index (χ1v) is 10.2. The number of allylic oxidation sites excluding steroid dienone is 2. The molecule has 0 unspecified atom stereocenters. The predicted octanol–water partition coefficient (Wildman–Crippen LogP) is 1.05. The predicted molar refractivity (Wildman–Crippen MR) is 97.7 cm³/mol. The van der Waals surface area contributed by atoms with Gasteiger partial charge in [0, 0.05) is 12.3 Å². The number of hydrogen-bond donors (Lipinski definition) is 3. The highest BCUT2D eigenvalue weighted by molar-refractivity contribution is 7.90. The molecular formula is C18H21N3O5S. The van der Waals surface area contributed by atoms with Gasteiger partial charge in [0.05, 0.1) is 5.69 Å². The average Bonchev–Trinajstić information content (AvgIpc) is 3.33. The quantitative estimate of drug-likeness (QED) is 0.486. The van der Waals surface area contributed by atoms with Gasteiger partial charge in [-0.1, -0.05) is 24.3 Å². The zero-order valence-corrected chi connectivity index (χ0v) is 15.4. The van der Waals surface area contributed by atoms with Crippen molar-refractivity contribution in [2.45, 2.75) is 37.0 Å². The number of nitrogens with one attached hydrogen (secondary N) is 2. The summed E-state index contributed by atoms with van der Waals surface area (Å²) in [6, 6.07) is 5.79. The Kier molecular flexibility index (Phi) is 5.05. The van der Waals surface area contributed by atoms with Crippen LogP contribution in [0.15, 0.2) is 41.3 Å². The molecule has 1 fully saturated rings. The molecule has 2 aliphatic rings. The molecule has 9 heteroatoms. The van der Waals surface area contributed by atoms with Crippen molar-refractivity contribution in [1.82, 2.24) is 4.72 Å². The average molecular weight is 391 g/mol. The van der Waals surface area contributed by atoms with Crippen molar-refractivity contribution in [1.29, 1.82) is 0 Å². The number of carbonyl (C=O) groups is 3. The number of rotatable bonds is 1. The van der Waals surface area contributed by atoms with Crippen LogP contribution in [0.5, 0.6) is 0 Å². The molecule has 27 heavy (non-hydrogen) atoms. The first-order valence-electron chi connectivity index (χ1n) is 8.70. The largest absolute Gasteiger partial charge is 0.369 e. The van der Waals surface area contributed by atoms with Crippen molar-refractivity contribution in [3.8, 4) is 0 Å². The molecule has 1 saturated carbocycles. The van der Waals surface area contributed by atoms with Crippen LogP contribution in [0.4, 0.5) is 5.69 Å². The maximum absolute atomic E-state index is 12.7. The summed E-state index contributed by atoms with van der Waals surface area (Å²) in [5.74, 6) is -2.53. The fourth-order valence-corrected chi connectivity index (χ4v) is 4.47. The maximum Gasteiger partial charge on any atom is 0.266 e. The van der Waals surface area contributed by atoms with Crippen LogP contribution in [-0.2, 0) is 24.4 Å². The second-order valence-corrected chi connectivity index (χ2v) is 8.45. The van der Waals surface area contributed by atoms with Crippen LogP contribution >= 0.6 is 0 Å². The van der Waals surface area contributed by atoms with E-state index in [1.165, 1.54) is 18.2 Å². The van der Waals surface area contributed by atoms with E-state index < -0.39 is 33.2 Å². The highest BCUT2D eigenvalue weighted by atomic mass is 32.2. The monoisotopic (exact) mass is 391 g/mol. The van der Waals surface area contributed by atoms with E-state index in [0.29, 0.717) is 12.8 Å². The van der Waals surface area contributed by atoms with Gasteiger partial charge in [-0.25, -0.2) is 13.1 Å². The van der Waals surface area contributed by atoms with Crippen LogP contribution in [0.3, 0.4) is 0 Å². The zero-order valence-electron chi connectivity index (χ0n) is 14.6. The minimum Gasteiger partial charge on any atom is -0.369 e. The van der Waals surface area contributed by atoms with E-state index in [1.807, 2.05) is 10.8 Å². The summed E-state index contributed by atoms with van der Waals surface area (Å²) in [5, 5.41) is 2.58. The lowest BCUT2D eigenvalue weighted by Crippen LogP contribution is -2.44. The minimum absolute atomic E-state index is 0.0799. The standard InChI is InChI=1S/C18H21N3O5S/c19-16(23)18-11-12(18)7-3-1-2-4-10-15(22)20-13-8-5-6-9-14(13)27(25,26)21-17(18)24/h3,5-9,12H,1-2,4,10-11H2,(H2,19,23)(H,20,22)(H,21,24)/b7-3+/t12-,18-/m1/s1. The Hall–Kier alpha value is -2.68. The lowest BCUT2D eigenvalue weighted by Gasteiger charge is -2.15. The summed E-state index contributed by atoms with van der Waals surface area (Å²) in [7, 11) is -4.30. The number of para-hydroxylation sites is 1. The van der Waals surface area contributed by atoms with Gasteiger partial charge in [-0.15, -0.1) is 0 Å². The topological polar surface area (TPSA) is 135 Å². The second-order valence-electron chi connectivity index (χ2n) is 6.80. The van der Waals surface area contributed by atoms with Gasteiger partial charge in [-0.3, -0.25) is 14.4 Å². The molecule has 0 radical (unpaired) electrons. The fraction of sp³-hybridized carbons (Fsp3) is 0.389.